The quantitative estimate of drug-likeness (QED) is 0.0611. The SMILES string of the molecule is CC(CC(=O)O)O/N=C(\C(=O)N[C@@]1(C=S)C(=O)N2C(C(=O)[O-])=C(c3cc(N)nc(N)[n+]3C)CS[C@@H]21)c1csc(N)n1. The number of rotatable bonds is 10. The molecule has 2 aliphatic heterocycles. The van der Waals surface area contributed by atoms with Gasteiger partial charge in [0, 0.05) is 28.1 Å². The molecule has 3 atom stereocenters. The summed E-state index contributed by atoms with van der Waals surface area (Å²) in [5.74, 6) is -4.47. The van der Waals surface area contributed by atoms with Gasteiger partial charge in [-0.15, -0.1) is 23.1 Å². The summed E-state index contributed by atoms with van der Waals surface area (Å²) >= 11 is 7.29. The lowest BCUT2D eigenvalue weighted by Crippen LogP contribution is -2.81. The van der Waals surface area contributed by atoms with E-state index in [0.29, 0.717) is 5.69 Å². The Kier molecular flexibility index (Phi) is 8.13. The monoisotopic (exact) mass is 621 g/mol. The Hall–Kier alpha value is -4.36. The second-order valence-corrected chi connectivity index (χ2v) is 11.1. The molecule has 2 aliphatic rings. The highest BCUT2D eigenvalue weighted by Crippen LogP contribution is 2.47. The van der Waals surface area contributed by atoms with Crippen LogP contribution in [0.1, 0.15) is 24.7 Å². The van der Waals surface area contributed by atoms with Crippen LogP contribution in [-0.4, -0.2) is 77.6 Å². The number of aromatic nitrogens is 3. The molecule has 0 saturated carbocycles. The van der Waals surface area contributed by atoms with Gasteiger partial charge in [0.1, 0.15) is 22.9 Å². The number of nitrogen functional groups attached to an aromatic ring is 3. The molecule has 2 aromatic rings. The van der Waals surface area contributed by atoms with E-state index in [4.69, 9.17) is 39.4 Å². The molecule has 19 heteroatoms. The number of nitrogens with zero attached hydrogens (tertiary/aromatic N) is 5. The first kappa shape index (κ1) is 29.6. The van der Waals surface area contributed by atoms with Crippen molar-refractivity contribution in [1.82, 2.24) is 20.2 Å². The molecule has 2 amide bonds. The highest BCUT2D eigenvalue weighted by molar-refractivity contribution is 8.00. The fraction of sp³-hybridized carbons (Fsp3) is 0.318. The number of carboxylic acids is 2. The van der Waals surface area contributed by atoms with E-state index in [2.05, 4.69) is 20.4 Å². The van der Waals surface area contributed by atoms with Crippen LogP contribution in [0.4, 0.5) is 16.9 Å². The van der Waals surface area contributed by atoms with E-state index in [1.54, 1.807) is 7.05 Å². The summed E-state index contributed by atoms with van der Waals surface area (Å²) < 4.78 is 1.42. The largest absolute Gasteiger partial charge is 0.543 e. The van der Waals surface area contributed by atoms with Crippen molar-refractivity contribution in [2.75, 3.05) is 23.0 Å². The number of nitrogens with two attached hydrogens (primary N) is 3. The molecule has 1 fully saturated rings. The third-order valence-electron chi connectivity index (χ3n) is 6.12. The van der Waals surface area contributed by atoms with Gasteiger partial charge in [-0.2, -0.15) is 0 Å². The minimum Gasteiger partial charge on any atom is -0.543 e. The van der Waals surface area contributed by atoms with Crippen molar-refractivity contribution in [3.63, 3.8) is 0 Å². The van der Waals surface area contributed by atoms with Crippen LogP contribution >= 0.6 is 35.3 Å². The number of carbonyl (C=O) groups is 4. The van der Waals surface area contributed by atoms with E-state index in [-0.39, 0.29) is 33.9 Å². The zero-order valence-corrected chi connectivity index (χ0v) is 23.8. The van der Waals surface area contributed by atoms with E-state index in [1.807, 2.05) is 0 Å². The van der Waals surface area contributed by atoms with Gasteiger partial charge in [0.05, 0.1) is 25.1 Å². The van der Waals surface area contributed by atoms with Gasteiger partial charge in [0.2, 0.25) is 5.82 Å². The van der Waals surface area contributed by atoms with Gasteiger partial charge in [-0.25, -0.2) is 9.55 Å². The molecule has 4 heterocycles. The predicted molar refractivity (Wildman–Crippen MR) is 150 cm³/mol. The summed E-state index contributed by atoms with van der Waals surface area (Å²) in [4.78, 5) is 64.4. The lowest BCUT2D eigenvalue weighted by Gasteiger charge is -2.56. The molecule has 0 spiro atoms. The number of aliphatic carboxylic acids is 2. The first-order chi connectivity index (χ1) is 19.3. The Morgan fingerprint density at radius 2 is 2.12 bits per heavy atom. The normalized spacial score (nSPS) is 21.0. The number of carboxylic acid groups (broad SMARTS) is 2. The number of hydrogen-bond donors (Lipinski definition) is 5. The molecule has 0 bridgehead atoms. The summed E-state index contributed by atoms with van der Waals surface area (Å²) in [6, 6.07) is 1.42. The molecule has 2 aromatic heterocycles. The van der Waals surface area contributed by atoms with E-state index in [0.717, 1.165) is 33.4 Å². The molecular weight excluding hydrogens is 598 g/mol. The summed E-state index contributed by atoms with van der Waals surface area (Å²) in [5.41, 5.74) is 15.3. The number of nitrogens with one attached hydrogen (secondary N) is 1. The number of β-lactam (4-membered cyclic amide) rings is 1. The van der Waals surface area contributed by atoms with E-state index < -0.39 is 58.6 Å². The maximum absolute atomic E-state index is 13.6. The standard InChI is InChI=1S/C22H23N9O7S3/c1-8(3-13(32)33)38-29-14(10-6-41-21(25)26-10)16(34)28-22(7-39)18(37)31-15(17(35)36)9(5-40-19(22)31)11-4-12(23)27-20(24)30(11)2/h4,6-8,19H,3,5H2,1-2H3,(H8,23,24,25,26,27,28,32,33,34,35,36)/b29-14-/t8?,19-,22+/m1/s1. The number of carbonyl (C=O) groups excluding carboxylic acids is 3. The van der Waals surface area contributed by atoms with Gasteiger partial charge in [-0.1, -0.05) is 22.4 Å². The predicted octanol–water partition coefficient (Wildman–Crippen LogP) is -2.38. The molecule has 16 nitrogen and oxygen atoms in total. The topological polar surface area (TPSA) is 256 Å². The summed E-state index contributed by atoms with van der Waals surface area (Å²) in [7, 11) is 1.55. The van der Waals surface area contributed by atoms with Crippen molar-refractivity contribution in [3.8, 4) is 0 Å². The van der Waals surface area contributed by atoms with Gasteiger partial charge in [-0.3, -0.25) is 25.0 Å². The van der Waals surface area contributed by atoms with E-state index in [9.17, 15) is 24.3 Å². The number of thiazole rings is 1. The zero-order valence-electron chi connectivity index (χ0n) is 21.4. The Morgan fingerprint density at radius 1 is 1.41 bits per heavy atom. The third kappa shape index (κ3) is 5.37. The van der Waals surface area contributed by atoms with E-state index in [1.165, 1.54) is 22.9 Å². The summed E-state index contributed by atoms with van der Waals surface area (Å²) in [5, 5.41) is 29.2. The van der Waals surface area contributed by atoms with Gasteiger partial charge in [0.25, 0.3) is 11.8 Å². The smallest absolute Gasteiger partial charge is 0.391 e. The van der Waals surface area contributed by atoms with Gasteiger partial charge in [-0.05, 0) is 6.92 Å². The molecule has 1 unspecified atom stereocenters. The van der Waals surface area contributed by atoms with Crippen LogP contribution in [-0.2, 0) is 31.1 Å². The van der Waals surface area contributed by atoms with Crippen molar-refractivity contribution < 1.29 is 38.8 Å². The number of hydrogen-bond acceptors (Lipinski definition) is 15. The minimum atomic E-state index is -1.82. The molecule has 0 radical (unpaired) electrons. The van der Waals surface area contributed by atoms with Crippen LogP contribution < -0.4 is 32.2 Å². The van der Waals surface area contributed by atoms with Crippen LogP contribution in [0.3, 0.4) is 0 Å². The zero-order chi connectivity index (χ0) is 30.2. The summed E-state index contributed by atoms with van der Waals surface area (Å²) in [6.45, 7) is 1.43. The van der Waals surface area contributed by atoms with Gasteiger partial charge < -0.3 is 36.6 Å². The van der Waals surface area contributed by atoms with E-state index >= 15 is 0 Å². The lowest BCUT2D eigenvalue weighted by atomic mass is 9.87. The maximum atomic E-state index is 13.6. The number of thiocarbonyl (C=S) groups is 1. The number of anilines is 3. The molecule has 0 aliphatic carbocycles. The van der Waals surface area contributed by atoms with Gasteiger partial charge >= 0.3 is 11.9 Å². The summed E-state index contributed by atoms with van der Waals surface area (Å²) in [6.07, 6.45) is -1.31. The Morgan fingerprint density at radius 3 is 2.71 bits per heavy atom. The molecule has 0 aromatic carbocycles. The second-order valence-electron chi connectivity index (χ2n) is 8.90. The number of oxime groups is 1. The van der Waals surface area contributed by atoms with Crippen molar-refractivity contribution >= 4 is 92.6 Å². The fourth-order valence-corrected chi connectivity index (χ4v) is 6.56. The number of fused-ring (bicyclic) bond motifs is 1. The third-order valence-corrected chi connectivity index (χ3v) is 8.52. The number of thioether (sulfide) groups is 1. The van der Waals surface area contributed by atoms with Crippen LogP contribution in [0.25, 0.3) is 5.57 Å². The maximum Gasteiger partial charge on any atom is 0.391 e. The molecule has 216 valence electrons. The average molecular weight is 622 g/mol. The highest BCUT2D eigenvalue weighted by atomic mass is 32.2. The Balaban J connectivity index is 1.69. The van der Waals surface area contributed by atoms with Crippen LogP contribution in [0.2, 0.25) is 0 Å². The van der Waals surface area contributed by atoms with Crippen molar-refractivity contribution in [1.29, 1.82) is 0 Å². The average Bonchev–Trinajstić information content (AvgIpc) is 3.33. The molecular formula is C22H23N9O7S3. The lowest BCUT2D eigenvalue weighted by molar-refractivity contribution is -0.661. The number of amides is 2. The Labute approximate surface area is 245 Å². The first-order valence-corrected chi connectivity index (χ1v) is 14.0. The van der Waals surface area contributed by atoms with Gasteiger partial charge in [0.15, 0.2) is 16.4 Å². The van der Waals surface area contributed by atoms with Crippen molar-refractivity contribution in [2.24, 2.45) is 12.2 Å². The molecule has 4 rings (SSSR count). The van der Waals surface area contributed by atoms with Crippen molar-refractivity contribution in [2.45, 2.75) is 30.4 Å². The molecule has 41 heavy (non-hydrogen) atoms. The van der Waals surface area contributed by atoms with Crippen LogP contribution in [0.5, 0.6) is 0 Å². The second kappa shape index (κ2) is 11.3. The Bertz CT molecular complexity index is 1540. The van der Waals surface area contributed by atoms with Crippen LogP contribution in [0.15, 0.2) is 22.3 Å². The van der Waals surface area contributed by atoms with Crippen LogP contribution in [0, 0.1) is 0 Å². The highest BCUT2D eigenvalue weighted by Gasteiger charge is 2.64. The fourth-order valence-electron chi connectivity index (χ4n) is 4.18. The molecule has 8 N–H and O–H groups in total. The van der Waals surface area contributed by atoms with Crippen molar-refractivity contribution in [3.05, 3.63) is 28.5 Å². The molecule has 1 saturated heterocycles. The first-order valence-electron chi connectivity index (χ1n) is 11.6. The minimum absolute atomic E-state index is 0.00457.